The molecule has 0 aliphatic carbocycles. The van der Waals surface area contributed by atoms with Gasteiger partial charge in [0, 0.05) is 18.7 Å². The van der Waals surface area contributed by atoms with Crippen LogP contribution in [0.2, 0.25) is 0 Å². The van der Waals surface area contributed by atoms with Crippen molar-refractivity contribution in [3.8, 4) is 0 Å². The SMILES string of the molecule is OCCN(Cc1ccoc1)CC(F)F. The zero-order valence-electron chi connectivity index (χ0n) is 7.70. The molecule has 1 heterocycles. The fraction of sp³-hybridized carbons (Fsp3) is 0.556. The fourth-order valence-electron chi connectivity index (χ4n) is 1.21. The van der Waals surface area contributed by atoms with Crippen LogP contribution in [0.15, 0.2) is 23.0 Å². The smallest absolute Gasteiger partial charge is 0.251 e. The molecule has 0 fully saturated rings. The molecule has 0 bridgehead atoms. The molecule has 1 aromatic rings. The zero-order chi connectivity index (χ0) is 10.4. The minimum atomic E-state index is -2.38. The second-order valence-corrected chi connectivity index (χ2v) is 2.98. The maximum atomic E-state index is 12.1. The Bertz CT molecular complexity index is 239. The van der Waals surface area contributed by atoms with Gasteiger partial charge in [-0.3, -0.25) is 4.90 Å². The molecule has 0 saturated heterocycles. The highest BCUT2D eigenvalue weighted by Crippen LogP contribution is 2.07. The lowest BCUT2D eigenvalue weighted by atomic mass is 10.3. The number of hydrogen-bond donors (Lipinski definition) is 1. The van der Waals surface area contributed by atoms with Crippen LogP contribution in [0.25, 0.3) is 0 Å². The minimum absolute atomic E-state index is 0.120. The van der Waals surface area contributed by atoms with Crippen LogP contribution in [0.5, 0.6) is 0 Å². The van der Waals surface area contributed by atoms with Gasteiger partial charge < -0.3 is 9.52 Å². The van der Waals surface area contributed by atoms with E-state index in [9.17, 15) is 8.78 Å². The van der Waals surface area contributed by atoms with E-state index < -0.39 is 6.43 Å². The summed E-state index contributed by atoms with van der Waals surface area (Å²) >= 11 is 0. The molecule has 0 amide bonds. The number of nitrogens with zero attached hydrogens (tertiary/aromatic N) is 1. The van der Waals surface area contributed by atoms with Crippen molar-refractivity contribution in [3.05, 3.63) is 24.2 Å². The van der Waals surface area contributed by atoms with Gasteiger partial charge in [-0.15, -0.1) is 0 Å². The molecule has 1 N–H and O–H groups in total. The first-order chi connectivity index (χ1) is 6.72. The normalized spacial score (nSPS) is 11.5. The Morgan fingerprint density at radius 1 is 1.50 bits per heavy atom. The summed E-state index contributed by atoms with van der Waals surface area (Å²) in [5.41, 5.74) is 0.833. The first kappa shape index (κ1) is 11.1. The highest BCUT2D eigenvalue weighted by Gasteiger charge is 2.12. The van der Waals surface area contributed by atoms with Gasteiger partial charge in [0.1, 0.15) is 0 Å². The van der Waals surface area contributed by atoms with Crippen LogP contribution in [0, 0.1) is 0 Å². The van der Waals surface area contributed by atoms with Gasteiger partial charge >= 0.3 is 0 Å². The molecule has 0 aliphatic rings. The van der Waals surface area contributed by atoms with Crippen LogP contribution < -0.4 is 0 Å². The van der Waals surface area contributed by atoms with E-state index >= 15 is 0 Å². The van der Waals surface area contributed by atoms with E-state index in [0.717, 1.165) is 5.56 Å². The predicted molar refractivity (Wildman–Crippen MR) is 47.1 cm³/mol. The van der Waals surface area contributed by atoms with Gasteiger partial charge in [-0.2, -0.15) is 0 Å². The first-order valence-electron chi connectivity index (χ1n) is 4.35. The number of hydrogen-bond acceptors (Lipinski definition) is 3. The fourth-order valence-corrected chi connectivity index (χ4v) is 1.21. The summed E-state index contributed by atoms with van der Waals surface area (Å²) < 4.78 is 29.0. The average molecular weight is 205 g/mol. The Labute approximate surface area is 80.9 Å². The standard InChI is InChI=1S/C9H13F2NO2/c10-9(11)6-12(2-3-13)5-8-1-4-14-7-8/h1,4,7,9,13H,2-3,5-6H2. The van der Waals surface area contributed by atoms with Gasteiger partial charge in [0.15, 0.2) is 0 Å². The third-order valence-electron chi connectivity index (χ3n) is 1.80. The van der Waals surface area contributed by atoms with Crippen molar-refractivity contribution in [3.63, 3.8) is 0 Å². The van der Waals surface area contributed by atoms with Crippen LogP contribution in [0.1, 0.15) is 5.56 Å². The summed E-state index contributed by atoms with van der Waals surface area (Å²) in [5, 5.41) is 8.67. The van der Waals surface area contributed by atoms with E-state index in [2.05, 4.69) is 0 Å². The summed E-state index contributed by atoms with van der Waals surface area (Å²) in [6.07, 6.45) is 0.624. The molecule has 5 heteroatoms. The van der Waals surface area contributed by atoms with Crippen molar-refractivity contribution in [1.29, 1.82) is 0 Å². The molecule has 1 rings (SSSR count). The zero-order valence-corrected chi connectivity index (χ0v) is 7.70. The molecule has 0 atom stereocenters. The van der Waals surface area contributed by atoms with Gasteiger partial charge in [-0.1, -0.05) is 0 Å². The number of alkyl halides is 2. The largest absolute Gasteiger partial charge is 0.472 e. The van der Waals surface area contributed by atoms with Gasteiger partial charge in [0.2, 0.25) is 0 Å². The lowest BCUT2D eigenvalue weighted by molar-refractivity contribution is 0.0745. The molecule has 1 aromatic heterocycles. The van der Waals surface area contributed by atoms with Crippen molar-refractivity contribution in [2.24, 2.45) is 0 Å². The molecule has 14 heavy (non-hydrogen) atoms. The Kier molecular flexibility index (Phi) is 4.55. The molecular formula is C9H13F2NO2. The maximum Gasteiger partial charge on any atom is 0.251 e. The highest BCUT2D eigenvalue weighted by molar-refractivity contribution is 5.04. The molecule has 80 valence electrons. The lowest BCUT2D eigenvalue weighted by Crippen LogP contribution is -2.31. The Morgan fingerprint density at radius 3 is 2.79 bits per heavy atom. The second kappa shape index (κ2) is 5.72. The van der Waals surface area contributed by atoms with E-state index in [0.29, 0.717) is 6.54 Å². The van der Waals surface area contributed by atoms with E-state index in [1.807, 2.05) is 0 Å². The summed E-state index contributed by atoms with van der Waals surface area (Å²) in [6, 6.07) is 1.72. The van der Waals surface area contributed by atoms with Gasteiger partial charge in [0.05, 0.1) is 25.7 Å². The summed E-state index contributed by atoms with van der Waals surface area (Å²) in [7, 11) is 0. The van der Waals surface area contributed by atoms with Crippen molar-refractivity contribution < 1.29 is 18.3 Å². The minimum Gasteiger partial charge on any atom is -0.472 e. The van der Waals surface area contributed by atoms with Crippen molar-refractivity contribution >= 4 is 0 Å². The summed E-state index contributed by atoms with van der Waals surface area (Å²) in [6.45, 7) is 0.174. The number of furan rings is 1. The van der Waals surface area contributed by atoms with Gasteiger partial charge in [-0.25, -0.2) is 8.78 Å². The number of aliphatic hydroxyl groups excluding tert-OH is 1. The molecule has 3 nitrogen and oxygen atoms in total. The Balaban J connectivity index is 2.42. The third-order valence-corrected chi connectivity index (χ3v) is 1.80. The quantitative estimate of drug-likeness (QED) is 0.761. The average Bonchev–Trinajstić information content (AvgIpc) is 2.56. The third kappa shape index (κ3) is 3.85. The number of rotatable bonds is 6. The van der Waals surface area contributed by atoms with Crippen LogP contribution in [0.4, 0.5) is 8.78 Å². The lowest BCUT2D eigenvalue weighted by Gasteiger charge is -2.19. The van der Waals surface area contributed by atoms with Crippen molar-refractivity contribution in [1.82, 2.24) is 4.90 Å². The number of aliphatic hydroxyl groups is 1. The van der Waals surface area contributed by atoms with Crippen molar-refractivity contribution in [2.75, 3.05) is 19.7 Å². The van der Waals surface area contributed by atoms with Gasteiger partial charge in [0.25, 0.3) is 6.43 Å². The Hall–Kier alpha value is -0.940. The van der Waals surface area contributed by atoms with E-state index in [1.54, 1.807) is 6.07 Å². The van der Waals surface area contributed by atoms with Crippen LogP contribution in [-0.2, 0) is 6.54 Å². The predicted octanol–water partition coefficient (Wildman–Crippen LogP) is 1.34. The van der Waals surface area contributed by atoms with Crippen molar-refractivity contribution in [2.45, 2.75) is 13.0 Å². The van der Waals surface area contributed by atoms with E-state index in [-0.39, 0.29) is 19.7 Å². The highest BCUT2D eigenvalue weighted by atomic mass is 19.3. The first-order valence-corrected chi connectivity index (χ1v) is 4.35. The molecule has 0 unspecified atom stereocenters. The maximum absolute atomic E-state index is 12.1. The Morgan fingerprint density at radius 2 is 2.29 bits per heavy atom. The molecule has 0 aromatic carbocycles. The van der Waals surface area contributed by atoms with E-state index in [4.69, 9.17) is 9.52 Å². The molecule has 0 radical (unpaired) electrons. The van der Waals surface area contributed by atoms with Gasteiger partial charge in [-0.05, 0) is 6.07 Å². The molecule has 0 aliphatic heterocycles. The van der Waals surface area contributed by atoms with Crippen LogP contribution in [-0.4, -0.2) is 36.1 Å². The molecule has 0 spiro atoms. The summed E-state index contributed by atoms with van der Waals surface area (Å²) in [5.74, 6) is 0. The van der Waals surface area contributed by atoms with E-state index in [1.165, 1.54) is 17.4 Å². The molecule has 0 saturated carbocycles. The topological polar surface area (TPSA) is 36.6 Å². The second-order valence-electron chi connectivity index (χ2n) is 2.98. The number of halogens is 2. The monoisotopic (exact) mass is 205 g/mol. The molecular weight excluding hydrogens is 192 g/mol. The van der Waals surface area contributed by atoms with Crippen LogP contribution in [0.3, 0.4) is 0 Å². The summed E-state index contributed by atoms with van der Waals surface area (Å²) in [4.78, 5) is 1.48. The van der Waals surface area contributed by atoms with Crippen LogP contribution >= 0.6 is 0 Å².